The van der Waals surface area contributed by atoms with E-state index in [1.165, 1.54) is 0 Å². The summed E-state index contributed by atoms with van der Waals surface area (Å²) in [6.07, 6.45) is 2.98. The predicted octanol–water partition coefficient (Wildman–Crippen LogP) is 2.19. The van der Waals surface area contributed by atoms with Gasteiger partial charge < -0.3 is 29.3 Å². The average molecular weight is 372 g/mol. The van der Waals surface area contributed by atoms with Crippen molar-refractivity contribution in [1.29, 1.82) is 0 Å². The molecule has 0 radical (unpaired) electrons. The van der Waals surface area contributed by atoms with E-state index in [1.807, 2.05) is 14.1 Å². The molecule has 0 bridgehead atoms. The van der Waals surface area contributed by atoms with Gasteiger partial charge in [0.05, 0.1) is 6.61 Å². The largest absolute Gasteiger partial charge is 0.384 e. The Morgan fingerprint density at radius 3 is 2.54 bits per heavy atom. The summed E-state index contributed by atoms with van der Waals surface area (Å²) in [7, 11) is 4.09. The monoisotopic (exact) mass is 371 g/mol. The molecule has 2 heterocycles. The van der Waals surface area contributed by atoms with E-state index in [0.29, 0.717) is 18.9 Å². The van der Waals surface area contributed by atoms with Gasteiger partial charge in [-0.15, -0.1) is 0 Å². The highest BCUT2D eigenvalue weighted by atomic mass is 16.8. The van der Waals surface area contributed by atoms with Gasteiger partial charge in [-0.2, -0.15) is 0 Å². The van der Waals surface area contributed by atoms with Crippen LogP contribution in [0.3, 0.4) is 0 Å². The number of aliphatic hydroxyl groups is 2. The van der Waals surface area contributed by atoms with Gasteiger partial charge in [-0.1, -0.05) is 13.8 Å². The summed E-state index contributed by atoms with van der Waals surface area (Å²) >= 11 is 0. The van der Waals surface area contributed by atoms with E-state index in [1.54, 1.807) is 6.92 Å². The zero-order valence-electron chi connectivity index (χ0n) is 17.0. The van der Waals surface area contributed by atoms with Crippen molar-refractivity contribution >= 4 is 0 Å². The lowest BCUT2D eigenvalue weighted by Gasteiger charge is -2.57. The first kappa shape index (κ1) is 20.5. The van der Waals surface area contributed by atoms with Crippen LogP contribution in [0.1, 0.15) is 52.9 Å². The van der Waals surface area contributed by atoms with Gasteiger partial charge in [0, 0.05) is 18.3 Å². The first-order valence-corrected chi connectivity index (χ1v) is 10.2. The van der Waals surface area contributed by atoms with E-state index in [0.717, 1.165) is 32.2 Å². The topological polar surface area (TPSA) is 71.4 Å². The molecule has 2 aliphatic heterocycles. The highest BCUT2D eigenvalue weighted by Gasteiger charge is 2.63. The first-order chi connectivity index (χ1) is 12.1. The van der Waals surface area contributed by atoms with E-state index in [-0.39, 0.29) is 17.8 Å². The molecule has 3 rings (SSSR count). The van der Waals surface area contributed by atoms with Crippen LogP contribution in [0.5, 0.6) is 0 Å². The van der Waals surface area contributed by atoms with E-state index >= 15 is 0 Å². The van der Waals surface area contributed by atoms with Gasteiger partial charge in [-0.25, -0.2) is 0 Å². The van der Waals surface area contributed by atoms with Crippen molar-refractivity contribution in [2.24, 2.45) is 23.7 Å². The predicted molar refractivity (Wildman–Crippen MR) is 98.2 cm³/mol. The second-order valence-corrected chi connectivity index (χ2v) is 9.21. The minimum atomic E-state index is -1.28. The molecule has 6 nitrogen and oxygen atoms in total. The summed E-state index contributed by atoms with van der Waals surface area (Å²) < 4.78 is 18.1. The fourth-order valence-electron chi connectivity index (χ4n) is 5.31. The van der Waals surface area contributed by atoms with Crippen LogP contribution in [0.15, 0.2) is 0 Å². The third-order valence-electron chi connectivity index (χ3n) is 6.82. The maximum absolute atomic E-state index is 11.8. The van der Waals surface area contributed by atoms with Crippen molar-refractivity contribution in [2.75, 3.05) is 27.2 Å². The molecule has 0 spiro atoms. The summed E-state index contributed by atoms with van der Waals surface area (Å²) in [6, 6.07) is 0. The van der Waals surface area contributed by atoms with Crippen LogP contribution in [0.2, 0.25) is 0 Å². The minimum absolute atomic E-state index is 0.0650. The van der Waals surface area contributed by atoms with Gasteiger partial charge in [0.1, 0.15) is 5.60 Å². The summed E-state index contributed by atoms with van der Waals surface area (Å²) in [4.78, 5) is 2.13. The fourth-order valence-corrected chi connectivity index (χ4v) is 5.31. The summed E-state index contributed by atoms with van der Waals surface area (Å²) in [5.74, 6) is -0.646. The Balaban J connectivity index is 1.78. The Kier molecular flexibility index (Phi) is 6.03. The molecule has 3 unspecified atom stereocenters. The van der Waals surface area contributed by atoms with Crippen LogP contribution in [0, 0.1) is 23.7 Å². The standard InChI is InChI=1S/C20H37NO5/c1-13-7-8-16-14(2)17(24-12-6-11-21(4)5)25-18-20(16,23)15(13)9-10-19(3,22)26-18/h13-18,22-23H,6-12H2,1-5H3/t13-,14-,15?,16?,17?,18-,19+,20-/m1/s1. The molecule has 2 N–H and O–H groups in total. The number of ether oxygens (including phenoxy) is 3. The summed E-state index contributed by atoms with van der Waals surface area (Å²) in [5.41, 5.74) is -1.05. The number of rotatable bonds is 5. The molecule has 8 atom stereocenters. The van der Waals surface area contributed by atoms with E-state index in [9.17, 15) is 10.2 Å². The molecular formula is C20H37NO5. The van der Waals surface area contributed by atoms with Crippen LogP contribution < -0.4 is 0 Å². The van der Waals surface area contributed by atoms with Crippen molar-refractivity contribution in [3.8, 4) is 0 Å². The lowest BCUT2D eigenvalue weighted by molar-refractivity contribution is -0.408. The molecule has 152 valence electrons. The molecule has 3 aliphatic rings. The molecule has 1 aliphatic carbocycles. The Hall–Kier alpha value is -0.240. The zero-order valence-corrected chi connectivity index (χ0v) is 17.0. The van der Waals surface area contributed by atoms with Gasteiger partial charge in [-0.3, -0.25) is 0 Å². The van der Waals surface area contributed by atoms with Crippen LogP contribution in [-0.4, -0.2) is 66.3 Å². The van der Waals surface area contributed by atoms with Gasteiger partial charge in [0.25, 0.3) is 0 Å². The fraction of sp³-hybridized carbons (Fsp3) is 1.00. The highest BCUT2D eigenvalue weighted by molar-refractivity contribution is 5.06. The first-order valence-electron chi connectivity index (χ1n) is 10.2. The number of hydrogen-bond donors (Lipinski definition) is 2. The van der Waals surface area contributed by atoms with E-state index in [4.69, 9.17) is 14.2 Å². The van der Waals surface area contributed by atoms with E-state index in [2.05, 4.69) is 18.7 Å². The molecule has 26 heavy (non-hydrogen) atoms. The number of nitrogens with zero attached hydrogens (tertiary/aromatic N) is 1. The van der Waals surface area contributed by atoms with Crippen LogP contribution in [0.4, 0.5) is 0 Å². The van der Waals surface area contributed by atoms with Gasteiger partial charge in [-0.05, 0) is 65.1 Å². The van der Waals surface area contributed by atoms with Gasteiger partial charge in [0.2, 0.25) is 0 Å². The maximum atomic E-state index is 11.8. The number of hydrogen-bond acceptors (Lipinski definition) is 6. The third kappa shape index (κ3) is 3.82. The van der Waals surface area contributed by atoms with E-state index < -0.39 is 24.0 Å². The lowest BCUT2D eigenvalue weighted by atomic mass is 9.58. The SMILES string of the molecule is C[C@H]1C(OCCCN(C)C)O[C@@H]2O[C@](C)(O)CCC3[C@H](C)CCC1[C@]32O. The molecule has 0 aromatic rings. The highest BCUT2D eigenvalue weighted by Crippen LogP contribution is 2.55. The molecular weight excluding hydrogens is 334 g/mol. The summed E-state index contributed by atoms with van der Waals surface area (Å²) in [5, 5.41) is 22.3. The van der Waals surface area contributed by atoms with Crippen molar-refractivity contribution < 1.29 is 24.4 Å². The summed E-state index contributed by atoms with van der Waals surface area (Å²) in [6.45, 7) is 7.56. The van der Waals surface area contributed by atoms with Crippen molar-refractivity contribution in [2.45, 2.75) is 76.8 Å². The molecule has 0 aromatic heterocycles. The van der Waals surface area contributed by atoms with Crippen LogP contribution in [0.25, 0.3) is 0 Å². The molecule has 1 saturated carbocycles. The van der Waals surface area contributed by atoms with Gasteiger partial charge in [0.15, 0.2) is 18.4 Å². The molecule has 0 aromatic carbocycles. The second kappa shape index (κ2) is 7.64. The second-order valence-electron chi connectivity index (χ2n) is 9.21. The van der Waals surface area contributed by atoms with Gasteiger partial charge >= 0.3 is 0 Å². The zero-order chi connectivity index (χ0) is 19.1. The third-order valence-corrected chi connectivity index (χ3v) is 6.82. The molecule has 2 saturated heterocycles. The quantitative estimate of drug-likeness (QED) is 0.722. The molecule has 0 amide bonds. The van der Waals surface area contributed by atoms with Crippen LogP contribution >= 0.6 is 0 Å². The average Bonchev–Trinajstić information content (AvgIpc) is 2.64. The molecule has 3 fully saturated rings. The normalized spacial score (nSPS) is 48.9. The van der Waals surface area contributed by atoms with Crippen molar-refractivity contribution in [3.63, 3.8) is 0 Å². The Morgan fingerprint density at radius 2 is 1.85 bits per heavy atom. The Bertz CT molecular complexity index is 485. The van der Waals surface area contributed by atoms with Crippen molar-refractivity contribution in [1.82, 2.24) is 4.90 Å². The minimum Gasteiger partial charge on any atom is -0.384 e. The Morgan fingerprint density at radius 1 is 1.12 bits per heavy atom. The van der Waals surface area contributed by atoms with Crippen molar-refractivity contribution in [3.05, 3.63) is 0 Å². The maximum Gasteiger partial charge on any atom is 0.193 e. The lowest BCUT2D eigenvalue weighted by Crippen LogP contribution is -2.67. The van der Waals surface area contributed by atoms with Crippen LogP contribution in [-0.2, 0) is 14.2 Å². The Labute approximate surface area is 157 Å². The molecule has 6 heteroatoms. The smallest absolute Gasteiger partial charge is 0.193 e.